The Hall–Kier alpha value is -2.50. The van der Waals surface area contributed by atoms with E-state index in [1.54, 1.807) is 12.3 Å². The first kappa shape index (κ1) is 16.9. The molecule has 2 heterocycles. The van der Waals surface area contributed by atoms with Crippen molar-refractivity contribution in [3.8, 4) is 5.88 Å². The van der Waals surface area contributed by atoms with Crippen molar-refractivity contribution in [3.05, 3.63) is 69.0 Å². The summed E-state index contributed by atoms with van der Waals surface area (Å²) >= 11 is 0. The van der Waals surface area contributed by atoms with Crippen LogP contribution in [0.4, 0.5) is 0 Å². The van der Waals surface area contributed by atoms with Gasteiger partial charge in [-0.2, -0.15) is 0 Å². The molecule has 1 unspecified atom stereocenters. The van der Waals surface area contributed by atoms with Crippen LogP contribution in [-0.4, -0.2) is 35.6 Å². The van der Waals surface area contributed by atoms with Crippen LogP contribution in [0.15, 0.2) is 46.7 Å². The van der Waals surface area contributed by atoms with Gasteiger partial charge in [-0.1, -0.05) is 18.2 Å². The minimum atomic E-state index is -0.147. The molecule has 0 fully saturated rings. The van der Waals surface area contributed by atoms with Gasteiger partial charge in [-0.25, -0.2) is 9.98 Å². The Morgan fingerprint density at radius 1 is 1.27 bits per heavy atom. The fraction of sp³-hybridized carbons (Fsp3) is 0.333. The normalized spacial score (nSPS) is 17.9. The van der Waals surface area contributed by atoms with Gasteiger partial charge in [0.1, 0.15) is 0 Å². The maximum atomic E-state index is 9.76. The lowest BCUT2D eigenvalue weighted by Crippen LogP contribution is -2.27. The van der Waals surface area contributed by atoms with Gasteiger partial charge in [0.2, 0.25) is 5.88 Å². The minimum absolute atomic E-state index is 0.00438. The summed E-state index contributed by atoms with van der Waals surface area (Å²) in [6.07, 6.45) is 3.66. The number of nitrogens with two attached hydrogens (primary N) is 1. The molecular weight excluding hydrogens is 324 g/mol. The van der Waals surface area contributed by atoms with Crippen molar-refractivity contribution >= 4 is 5.57 Å². The highest BCUT2D eigenvalue weighted by molar-refractivity contribution is 5.86. The Bertz CT molecular complexity index is 1040. The summed E-state index contributed by atoms with van der Waals surface area (Å²) in [6, 6.07) is 7.78. The molecule has 0 bridgehead atoms. The number of fused-ring (bicyclic) bond motifs is 4. The van der Waals surface area contributed by atoms with Gasteiger partial charge in [0.25, 0.3) is 0 Å². The Morgan fingerprint density at radius 2 is 2.08 bits per heavy atom. The summed E-state index contributed by atoms with van der Waals surface area (Å²) in [5, 5.41) is 11.5. The van der Waals surface area contributed by atoms with E-state index in [0.29, 0.717) is 0 Å². The van der Waals surface area contributed by atoms with Crippen molar-refractivity contribution in [2.75, 3.05) is 20.6 Å². The standard InChI is InChI=1S/C21H24N4O/c1-12-6-4-7-13-18(12)20(22)14(8-5-9-25(2)3)21-19(13)15-11-23-17(26)10-16(15)24-21/h4,6-7,10-11,20,26H,5,8-9,22H2,1-3H3. The zero-order valence-corrected chi connectivity index (χ0v) is 15.5. The van der Waals surface area contributed by atoms with Gasteiger partial charge < -0.3 is 15.7 Å². The van der Waals surface area contributed by atoms with E-state index in [-0.39, 0.29) is 11.9 Å². The second kappa shape index (κ2) is 6.34. The summed E-state index contributed by atoms with van der Waals surface area (Å²) < 4.78 is 0. The number of allylic oxidation sites excluding steroid dienone is 1. The van der Waals surface area contributed by atoms with Gasteiger partial charge in [-0.3, -0.25) is 0 Å². The quantitative estimate of drug-likeness (QED) is 0.879. The number of hydrogen-bond acceptors (Lipinski definition) is 5. The van der Waals surface area contributed by atoms with Gasteiger partial charge in [0, 0.05) is 23.1 Å². The van der Waals surface area contributed by atoms with Crippen molar-refractivity contribution in [1.82, 2.24) is 9.88 Å². The van der Waals surface area contributed by atoms with Crippen molar-refractivity contribution in [2.24, 2.45) is 10.7 Å². The Balaban J connectivity index is 1.95. The van der Waals surface area contributed by atoms with Crippen LogP contribution in [0, 0.1) is 6.92 Å². The SMILES string of the molecule is Cc1cccc2c1C(N)C(CCCN(C)C)=C1N=c3cc(O)ncc3=C12. The topological polar surface area (TPSA) is 74.7 Å². The van der Waals surface area contributed by atoms with Crippen LogP contribution in [0.25, 0.3) is 5.57 Å². The third-order valence-electron chi connectivity index (χ3n) is 5.24. The molecule has 1 atom stereocenters. The molecule has 1 aromatic carbocycles. The fourth-order valence-corrected chi connectivity index (χ4v) is 4.02. The van der Waals surface area contributed by atoms with E-state index in [1.165, 1.54) is 16.7 Å². The lowest BCUT2D eigenvalue weighted by molar-refractivity contribution is 0.398. The van der Waals surface area contributed by atoms with Crippen LogP contribution in [0.2, 0.25) is 0 Å². The number of aryl methyl sites for hydroxylation is 1. The van der Waals surface area contributed by atoms with Crippen LogP contribution in [0.3, 0.4) is 0 Å². The molecule has 0 amide bonds. The molecule has 3 N–H and O–H groups in total. The molecule has 5 nitrogen and oxygen atoms in total. The lowest BCUT2D eigenvalue weighted by Gasteiger charge is -2.29. The van der Waals surface area contributed by atoms with Crippen molar-refractivity contribution in [3.63, 3.8) is 0 Å². The predicted octanol–water partition coefficient (Wildman–Crippen LogP) is 1.54. The molecule has 1 aliphatic carbocycles. The molecular formula is C21H24N4O. The van der Waals surface area contributed by atoms with Crippen molar-refractivity contribution in [2.45, 2.75) is 25.8 Å². The van der Waals surface area contributed by atoms with E-state index in [4.69, 9.17) is 10.7 Å². The highest BCUT2D eigenvalue weighted by Gasteiger charge is 2.32. The predicted molar refractivity (Wildman–Crippen MR) is 102 cm³/mol. The number of rotatable bonds is 4. The number of nitrogens with zero attached hydrogens (tertiary/aromatic N) is 3. The average molecular weight is 348 g/mol. The third kappa shape index (κ3) is 2.64. The van der Waals surface area contributed by atoms with E-state index in [9.17, 15) is 5.11 Å². The van der Waals surface area contributed by atoms with E-state index in [0.717, 1.165) is 46.8 Å². The molecule has 4 rings (SSSR count). The van der Waals surface area contributed by atoms with Crippen LogP contribution in [-0.2, 0) is 0 Å². The maximum Gasteiger partial charge on any atom is 0.212 e. The number of aromatic hydroxyl groups is 1. The summed E-state index contributed by atoms with van der Waals surface area (Å²) in [5.74, 6) is -0.00438. The minimum Gasteiger partial charge on any atom is -0.493 e. The molecule has 0 saturated carbocycles. The highest BCUT2D eigenvalue weighted by Crippen LogP contribution is 2.43. The van der Waals surface area contributed by atoms with Crippen LogP contribution >= 0.6 is 0 Å². The Labute approximate surface area is 153 Å². The molecule has 26 heavy (non-hydrogen) atoms. The molecule has 2 aliphatic rings. The smallest absolute Gasteiger partial charge is 0.212 e. The van der Waals surface area contributed by atoms with Gasteiger partial charge in [0.05, 0.1) is 17.1 Å². The first-order chi connectivity index (χ1) is 12.5. The van der Waals surface area contributed by atoms with Gasteiger partial charge >= 0.3 is 0 Å². The third-order valence-corrected chi connectivity index (χ3v) is 5.24. The lowest BCUT2D eigenvalue weighted by atomic mass is 9.79. The second-order valence-electron chi connectivity index (χ2n) is 7.34. The number of benzene rings is 1. The molecule has 1 aromatic heterocycles. The van der Waals surface area contributed by atoms with E-state index in [2.05, 4.69) is 49.1 Å². The molecule has 5 heteroatoms. The van der Waals surface area contributed by atoms with Crippen LogP contribution < -0.4 is 16.3 Å². The Kier molecular flexibility index (Phi) is 4.13. The zero-order chi connectivity index (χ0) is 18.4. The molecule has 1 aliphatic heterocycles. The van der Waals surface area contributed by atoms with E-state index < -0.39 is 0 Å². The summed E-state index contributed by atoms with van der Waals surface area (Å²) in [6.45, 7) is 3.12. The van der Waals surface area contributed by atoms with Crippen LogP contribution in [0.1, 0.15) is 35.6 Å². The average Bonchev–Trinajstić information content (AvgIpc) is 2.95. The maximum absolute atomic E-state index is 9.76. The molecule has 134 valence electrons. The van der Waals surface area contributed by atoms with Crippen molar-refractivity contribution in [1.29, 1.82) is 0 Å². The number of hydrogen-bond donors (Lipinski definition) is 2. The number of pyridine rings is 1. The highest BCUT2D eigenvalue weighted by atomic mass is 16.3. The van der Waals surface area contributed by atoms with Crippen LogP contribution in [0.5, 0.6) is 5.88 Å². The van der Waals surface area contributed by atoms with E-state index >= 15 is 0 Å². The van der Waals surface area contributed by atoms with E-state index in [1.807, 2.05) is 0 Å². The second-order valence-corrected chi connectivity index (χ2v) is 7.34. The molecule has 2 aromatic rings. The molecule has 0 radical (unpaired) electrons. The largest absolute Gasteiger partial charge is 0.493 e. The fourth-order valence-electron chi connectivity index (χ4n) is 4.02. The summed E-state index contributed by atoms with van der Waals surface area (Å²) in [7, 11) is 4.17. The number of aromatic nitrogens is 1. The monoisotopic (exact) mass is 348 g/mol. The first-order valence-electron chi connectivity index (χ1n) is 8.99. The first-order valence-corrected chi connectivity index (χ1v) is 8.99. The van der Waals surface area contributed by atoms with Crippen molar-refractivity contribution < 1.29 is 5.11 Å². The zero-order valence-electron chi connectivity index (χ0n) is 15.5. The summed E-state index contributed by atoms with van der Waals surface area (Å²) in [5.41, 5.74) is 13.5. The van der Waals surface area contributed by atoms with Gasteiger partial charge in [-0.15, -0.1) is 0 Å². The van der Waals surface area contributed by atoms with Gasteiger partial charge in [-0.05, 0) is 62.7 Å². The van der Waals surface area contributed by atoms with Gasteiger partial charge in [0.15, 0.2) is 0 Å². The Morgan fingerprint density at radius 3 is 2.85 bits per heavy atom. The molecule has 0 saturated heterocycles. The summed E-state index contributed by atoms with van der Waals surface area (Å²) in [4.78, 5) is 11.1. The molecule has 0 spiro atoms.